The highest BCUT2D eigenvalue weighted by Crippen LogP contribution is 2.25. The molecule has 114 valence electrons. The van der Waals surface area contributed by atoms with Gasteiger partial charge in [0.2, 0.25) is 0 Å². The number of likely N-dealkylation sites (tertiary alicyclic amines) is 2. The van der Waals surface area contributed by atoms with Gasteiger partial charge >= 0.3 is 0 Å². The first-order valence-corrected chi connectivity index (χ1v) is 7.90. The number of hydrogen-bond acceptors (Lipinski definition) is 3. The normalized spacial score (nSPS) is 21.9. The Hall–Kier alpha value is -1.39. The molecule has 0 bridgehead atoms. The van der Waals surface area contributed by atoms with E-state index in [1.165, 1.54) is 32.4 Å². The van der Waals surface area contributed by atoms with Crippen molar-refractivity contribution < 1.29 is 9.53 Å². The Morgan fingerprint density at radius 2 is 1.81 bits per heavy atom. The third kappa shape index (κ3) is 3.11. The molecule has 0 saturated carbocycles. The molecule has 0 spiro atoms. The fourth-order valence-corrected chi connectivity index (χ4v) is 3.32. The number of methoxy groups -OCH3 is 1. The third-order valence-electron chi connectivity index (χ3n) is 4.64. The van der Waals surface area contributed by atoms with Crippen LogP contribution in [0, 0.1) is 0 Å². The second-order valence-electron chi connectivity index (χ2n) is 6.02. The van der Waals surface area contributed by atoms with Gasteiger partial charge in [-0.3, -0.25) is 9.69 Å². The molecule has 0 N–H and O–H groups in total. The summed E-state index contributed by atoms with van der Waals surface area (Å²) in [4.78, 5) is 17.0. The van der Waals surface area contributed by atoms with Crippen LogP contribution < -0.4 is 0 Å². The molecule has 0 aliphatic carbocycles. The van der Waals surface area contributed by atoms with Gasteiger partial charge in [0.15, 0.2) is 6.10 Å². The van der Waals surface area contributed by atoms with Crippen molar-refractivity contribution in [2.24, 2.45) is 0 Å². The van der Waals surface area contributed by atoms with E-state index < -0.39 is 6.10 Å². The lowest BCUT2D eigenvalue weighted by Gasteiger charge is -2.47. The minimum atomic E-state index is -0.464. The summed E-state index contributed by atoms with van der Waals surface area (Å²) in [6, 6.07) is 10.3. The van der Waals surface area contributed by atoms with Gasteiger partial charge in [-0.05, 0) is 31.5 Å². The number of rotatable bonds is 4. The molecule has 4 nitrogen and oxygen atoms in total. The predicted octanol–water partition coefficient (Wildman–Crippen LogP) is 2.07. The maximum Gasteiger partial charge on any atom is 0.256 e. The van der Waals surface area contributed by atoms with Crippen molar-refractivity contribution in [3.8, 4) is 0 Å². The van der Waals surface area contributed by atoms with Crippen molar-refractivity contribution in [2.45, 2.75) is 31.4 Å². The van der Waals surface area contributed by atoms with E-state index in [1.807, 2.05) is 35.2 Å². The summed E-state index contributed by atoms with van der Waals surface area (Å²) in [5, 5.41) is 0. The molecular weight excluding hydrogens is 264 g/mol. The summed E-state index contributed by atoms with van der Waals surface area (Å²) in [5.74, 6) is 0.0944. The number of hydrogen-bond donors (Lipinski definition) is 0. The molecule has 21 heavy (non-hydrogen) atoms. The minimum absolute atomic E-state index is 0.0944. The largest absolute Gasteiger partial charge is 0.367 e. The summed E-state index contributed by atoms with van der Waals surface area (Å²) < 4.78 is 5.43. The zero-order valence-corrected chi connectivity index (χ0v) is 12.7. The van der Waals surface area contributed by atoms with Crippen LogP contribution in [-0.4, -0.2) is 55.0 Å². The molecule has 1 atom stereocenters. The first kappa shape index (κ1) is 14.5. The molecule has 2 saturated heterocycles. The lowest BCUT2D eigenvalue weighted by atomic mass is 10.0. The topological polar surface area (TPSA) is 32.8 Å². The van der Waals surface area contributed by atoms with Gasteiger partial charge in [0.05, 0.1) is 0 Å². The molecule has 0 unspecified atom stereocenters. The van der Waals surface area contributed by atoms with Crippen LogP contribution in [-0.2, 0) is 9.53 Å². The summed E-state index contributed by atoms with van der Waals surface area (Å²) in [7, 11) is 1.61. The van der Waals surface area contributed by atoms with Crippen LogP contribution in [0.5, 0.6) is 0 Å². The predicted molar refractivity (Wildman–Crippen MR) is 82.0 cm³/mol. The maximum absolute atomic E-state index is 12.6. The molecule has 1 amide bonds. The smallest absolute Gasteiger partial charge is 0.256 e. The first-order chi connectivity index (χ1) is 10.3. The lowest BCUT2D eigenvalue weighted by Crippen LogP contribution is -2.62. The minimum Gasteiger partial charge on any atom is -0.367 e. The second-order valence-corrected chi connectivity index (χ2v) is 6.02. The zero-order valence-electron chi connectivity index (χ0n) is 12.7. The van der Waals surface area contributed by atoms with Crippen molar-refractivity contribution in [3.63, 3.8) is 0 Å². The number of amides is 1. The average Bonchev–Trinajstić information content (AvgIpc) is 2.49. The van der Waals surface area contributed by atoms with Crippen LogP contribution in [0.1, 0.15) is 30.9 Å². The van der Waals surface area contributed by atoms with E-state index in [0.29, 0.717) is 6.04 Å². The van der Waals surface area contributed by atoms with Crippen molar-refractivity contribution in [3.05, 3.63) is 35.9 Å². The highest BCUT2D eigenvalue weighted by molar-refractivity contribution is 5.83. The first-order valence-electron chi connectivity index (χ1n) is 7.90. The van der Waals surface area contributed by atoms with Gasteiger partial charge in [-0.2, -0.15) is 0 Å². The number of carbonyl (C=O) groups excluding carboxylic acids is 1. The monoisotopic (exact) mass is 288 g/mol. The van der Waals surface area contributed by atoms with E-state index in [0.717, 1.165) is 18.7 Å². The number of benzene rings is 1. The van der Waals surface area contributed by atoms with Crippen LogP contribution in [0.25, 0.3) is 0 Å². The van der Waals surface area contributed by atoms with Crippen molar-refractivity contribution in [2.75, 3.05) is 33.3 Å². The van der Waals surface area contributed by atoms with Gasteiger partial charge in [0, 0.05) is 26.2 Å². The molecule has 2 heterocycles. The molecule has 0 aromatic heterocycles. The number of ether oxygens (including phenoxy) is 1. The second kappa shape index (κ2) is 6.58. The van der Waals surface area contributed by atoms with Crippen LogP contribution in [0.15, 0.2) is 30.3 Å². The van der Waals surface area contributed by atoms with Gasteiger partial charge < -0.3 is 9.64 Å². The van der Waals surface area contributed by atoms with E-state index in [2.05, 4.69) is 4.90 Å². The van der Waals surface area contributed by atoms with Gasteiger partial charge in [-0.15, -0.1) is 0 Å². The summed E-state index contributed by atoms with van der Waals surface area (Å²) in [6.45, 7) is 4.09. The molecule has 0 radical (unpaired) electrons. The fourth-order valence-electron chi connectivity index (χ4n) is 3.32. The van der Waals surface area contributed by atoms with Gasteiger partial charge in [0.25, 0.3) is 5.91 Å². The van der Waals surface area contributed by atoms with Gasteiger partial charge in [0.1, 0.15) is 0 Å². The quantitative estimate of drug-likeness (QED) is 0.850. The summed E-state index contributed by atoms with van der Waals surface area (Å²) >= 11 is 0. The molecule has 2 aliphatic rings. The Kier molecular flexibility index (Phi) is 4.56. The Labute approximate surface area is 126 Å². The van der Waals surface area contributed by atoms with E-state index in [-0.39, 0.29) is 5.91 Å². The fraction of sp³-hybridized carbons (Fsp3) is 0.588. The SMILES string of the molecule is CO[C@@H](C(=O)N1CC(N2CCCCC2)C1)c1ccccc1. The van der Waals surface area contributed by atoms with Crippen LogP contribution in [0.4, 0.5) is 0 Å². The molecule has 2 fully saturated rings. The Bertz CT molecular complexity index is 465. The number of nitrogens with zero attached hydrogens (tertiary/aromatic N) is 2. The average molecular weight is 288 g/mol. The summed E-state index contributed by atoms with van der Waals surface area (Å²) in [6.07, 6.45) is 3.49. The summed E-state index contributed by atoms with van der Waals surface area (Å²) in [5.41, 5.74) is 0.937. The van der Waals surface area contributed by atoms with Crippen molar-refractivity contribution in [1.82, 2.24) is 9.80 Å². The Morgan fingerprint density at radius 1 is 1.14 bits per heavy atom. The Morgan fingerprint density at radius 3 is 2.43 bits per heavy atom. The molecule has 1 aromatic carbocycles. The zero-order chi connectivity index (χ0) is 14.7. The van der Waals surface area contributed by atoms with Crippen molar-refractivity contribution >= 4 is 5.91 Å². The molecule has 3 rings (SSSR count). The number of carbonyl (C=O) groups is 1. The molecule has 1 aromatic rings. The van der Waals surface area contributed by atoms with Crippen LogP contribution in [0.2, 0.25) is 0 Å². The van der Waals surface area contributed by atoms with E-state index in [4.69, 9.17) is 4.74 Å². The third-order valence-corrected chi connectivity index (χ3v) is 4.64. The van der Waals surface area contributed by atoms with E-state index in [9.17, 15) is 4.79 Å². The maximum atomic E-state index is 12.6. The molecular formula is C17H24N2O2. The highest BCUT2D eigenvalue weighted by Gasteiger charge is 2.38. The Balaban J connectivity index is 1.56. The lowest BCUT2D eigenvalue weighted by molar-refractivity contribution is -0.150. The van der Waals surface area contributed by atoms with Crippen molar-refractivity contribution in [1.29, 1.82) is 0 Å². The highest BCUT2D eigenvalue weighted by atomic mass is 16.5. The van der Waals surface area contributed by atoms with E-state index >= 15 is 0 Å². The molecule has 4 heteroatoms. The standard InChI is InChI=1S/C17H24N2O2/c1-21-16(14-8-4-2-5-9-14)17(20)19-12-15(13-19)18-10-6-3-7-11-18/h2,4-5,8-9,15-16H,3,6-7,10-13H2,1H3/t16-/m1/s1. The van der Waals surface area contributed by atoms with Gasteiger partial charge in [-0.1, -0.05) is 36.8 Å². The van der Waals surface area contributed by atoms with E-state index in [1.54, 1.807) is 7.11 Å². The van der Waals surface area contributed by atoms with Gasteiger partial charge in [-0.25, -0.2) is 0 Å². The van der Waals surface area contributed by atoms with Crippen LogP contribution in [0.3, 0.4) is 0 Å². The molecule has 2 aliphatic heterocycles. The number of piperidine rings is 1. The van der Waals surface area contributed by atoms with Crippen LogP contribution >= 0.6 is 0 Å².